The maximum absolute atomic E-state index is 10.8. The van der Waals surface area contributed by atoms with E-state index in [0.29, 0.717) is 17.6 Å². The lowest BCUT2D eigenvalue weighted by Gasteiger charge is -2.02. The number of hydrogen-bond acceptors (Lipinski definition) is 3. The molecule has 0 spiro atoms. The van der Waals surface area contributed by atoms with Crippen molar-refractivity contribution in [1.29, 1.82) is 0 Å². The molecule has 6 heteroatoms. The van der Waals surface area contributed by atoms with Gasteiger partial charge >= 0.3 is 0 Å². The molecule has 0 saturated carbocycles. The van der Waals surface area contributed by atoms with E-state index in [2.05, 4.69) is 10.2 Å². The quantitative estimate of drug-likeness (QED) is 0.730. The van der Waals surface area contributed by atoms with Gasteiger partial charge in [-0.15, -0.1) is 10.2 Å². The summed E-state index contributed by atoms with van der Waals surface area (Å²) in [5.74, 6) is 1.34. The lowest BCUT2D eigenvalue weighted by molar-refractivity contribution is 0.673. The van der Waals surface area contributed by atoms with E-state index in [1.165, 1.54) is 0 Å². The summed E-state index contributed by atoms with van der Waals surface area (Å²) in [5.41, 5.74) is 0. The SMILES string of the molecule is Cc1nnc(Cl)n1CCS(C)=O. The van der Waals surface area contributed by atoms with E-state index in [1.807, 2.05) is 6.92 Å². The molecule has 0 N–H and O–H groups in total. The molecule has 0 bridgehead atoms. The number of halogens is 1. The highest BCUT2D eigenvalue weighted by Crippen LogP contribution is 2.06. The predicted molar refractivity (Wildman–Crippen MR) is 48.7 cm³/mol. The number of hydrogen-bond donors (Lipinski definition) is 0. The van der Waals surface area contributed by atoms with Gasteiger partial charge in [-0.1, -0.05) is 0 Å². The molecular formula is C6H10ClN3OS. The van der Waals surface area contributed by atoms with E-state index >= 15 is 0 Å². The third-order valence-electron chi connectivity index (χ3n) is 1.49. The van der Waals surface area contributed by atoms with Gasteiger partial charge in [0.2, 0.25) is 5.28 Å². The van der Waals surface area contributed by atoms with Crippen molar-refractivity contribution in [1.82, 2.24) is 14.8 Å². The summed E-state index contributed by atoms with van der Waals surface area (Å²) in [6.07, 6.45) is 1.66. The third kappa shape index (κ3) is 2.28. The lowest BCUT2D eigenvalue weighted by atomic mass is 10.6. The topological polar surface area (TPSA) is 47.8 Å². The van der Waals surface area contributed by atoms with E-state index in [4.69, 9.17) is 11.6 Å². The van der Waals surface area contributed by atoms with Crippen LogP contribution in [0, 0.1) is 6.92 Å². The van der Waals surface area contributed by atoms with E-state index in [-0.39, 0.29) is 0 Å². The summed E-state index contributed by atoms with van der Waals surface area (Å²) >= 11 is 5.72. The Balaban J connectivity index is 2.68. The van der Waals surface area contributed by atoms with Crippen LogP contribution >= 0.6 is 11.6 Å². The standard InChI is InChI=1S/C6H10ClN3OS/c1-5-8-9-6(7)10(5)3-4-12(2)11/h3-4H2,1-2H3. The fourth-order valence-electron chi connectivity index (χ4n) is 0.829. The molecule has 0 radical (unpaired) electrons. The van der Waals surface area contributed by atoms with Crippen LogP contribution in [0.25, 0.3) is 0 Å². The predicted octanol–water partition coefficient (Wildman–Crippen LogP) is 0.618. The monoisotopic (exact) mass is 207 g/mol. The van der Waals surface area contributed by atoms with Crippen LogP contribution in [0.1, 0.15) is 5.82 Å². The Hall–Kier alpha value is -0.420. The molecule has 0 saturated heterocycles. The van der Waals surface area contributed by atoms with E-state index in [1.54, 1.807) is 10.8 Å². The molecule has 0 amide bonds. The van der Waals surface area contributed by atoms with Crippen molar-refractivity contribution in [3.8, 4) is 0 Å². The molecule has 12 heavy (non-hydrogen) atoms. The van der Waals surface area contributed by atoms with Crippen LogP contribution < -0.4 is 0 Å². The van der Waals surface area contributed by atoms with Crippen molar-refractivity contribution in [2.75, 3.05) is 12.0 Å². The molecule has 1 aromatic heterocycles. The van der Waals surface area contributed by atoms with Gasteiger partial charge in [0.05, 0.1) is 0 Å². The van der Waals surface area contributed by atoms with Crippen molar-refractivity contribution in [3.05, 3.63) is 11.1 Å². The van der Waals surface area contributed by atoms with E-state index in [0.717, 1.165) is 5.82 Å². The maximum atomic E-state index is 10.8. The highest BCUT2D eigenvalue weighted by Gasteiger charge is 2.05. The number of nitrogens with zero attached hydrogens (tertiary/aromatic N) is 3. The molecule has 0 aliphatic heterocycles. The molecule has 1 heterocycles. The Kier molecular flexibility index (Phi) is 3.22. The molecule has 1 unspecified atom stereocenters. The van der Waals surface area contributed by atoms with Crippen LogP contribution in [0.5, 0.6) is 0 Å². The highest BCUT2D eigenvalue weighted by atomic mass is 35.5. The molecule has 1 rings (SSSR count). The first-order chi connectivity index (χ1) is 5.61. The van der Waals surface area contributed by atoms with Gasteiger partial charge in [0, 0.05) is 29.4 Å². The van der Waals surface area contributed by atoms with Gasteiger partial charge in [-0.2, -0.15) is 0 Å². The molecule has 4 nitrogen and oxygen atoms in total. The second kappa shape index (κ2) is 4.00. The average Bonchev–Trinajstić information content (AvgIpc) is 2.28. The first kappa shape index (κ1) is 9.67. The van der Waals surface area contributed by atoms with Gasteiger partial charge in [0.1, 0.15) is 5.82 Å². The van der Waals surface area contributed by atoms with Crippen molar-refractivity contribution in [3.63, 3.8) is 0 Å². The molecule has 0 aromatic carbocycles. The highest BCUT2D eigenvalue weighted by molar-refractivity contribution is 7.84. The Morgan fingerprint density at radius 1 is 1.58 bits per heavy atom. The van der Waals surface area contributed by atoms with Crippen LogP contribution in [0.15, 0.2) is 0 Å². The fourth-order valence-corrected chi connectivity index (χ4v) is 1.51. The van der Waals surface area contributed by atoms with Crippen LogP contribution in [-0.2, 0) is 17.3 Å². The number of rotatable bonds is 3. The fraction of sp³-hybridized carbons (Fsp3) is 0.667. The zero-order valence-electron chi connectivity index (χ0n) is 6.95. The molecule has 1 aromatic rings. The number of aromatic nitrogens is 3. The third-order valence-corrected chi connectivity index (χ3v) is 2.53. The Morgan fingerprint density at radius 2 is 2.25 bits per heavy atom. The molecular weight excluding hydrogens is 198 g/mol. The normalized spacial score (nSPS) is 13.2. The summed E-state index contributed by atoms with van der Waals surface area (Å²) in [5, 5.41) is 7.81. The van der Waals surface area contributed by atoms with Gasteiger partial charge in [0.25, 0.3) is 0 Å². The minimum Gasteiger partial charge on any atom is -0.301 e. The molecule has 0 aliphatic carbocycles. The maximum Gasteiger partial charge on any atom is 0.225 e. The molecule has 0 aliphatic rings. The van der Waals surface area contributed by atoms with Gasteiger partial charge in [-0.05, 0) is 18.5 Å². The summed E-state index contributed by atoms with van der Waals surface area (Å²) in [6, 6.07) is 0. The Bertz CT molecular complexity index is 279. The molecule has 0 fully saturated rings. The minimum atomic E-state index is -0.802. The summed E-state index contributed by atoms with van der Waals surface area (Å²) in [6.45, 7) is 2.43. The smallest absolute Gasteiger partial charge is 0.225 e. The summed E-state index contributed by atoms with van der Waals surface area (Å²) < 4.78 is 12.5. The van der Waals surface area contributed by atoms with Gasteiger partial charge in [-0.25, -0.2) is 0 Å². The van der Waals surface area contributed by atoms with Crippen LogP contribution in [-0.4, -0.2) is 31.0 Å². The van der Waals surface area contributed by atoms with Gasteiger partial charge in [-0.3, -0.25) is 4.21 Å². The van der Waals surface area contributed by atoms with Crippen LogP contribution in [0.4, 0.5) is 0 Å². The molecule has 68 valence electrons. The summed E-state index contributed by atoms with van der Waals surface area (Å²) in [7, 11) is -0.802. The van der Waals surface area contributed by atoms with Crippen molar-refractivity contribution < 1.29 is 4.21 Å². The van der Waals surface area contributed by atoms with Crippen LogP contribution in [0.3, 0.4) is 0 Å². The van der Waals surface area contributed by atoms with Gasteiger partial charge < -0.3 is 4.57 Å². The van der Waals surface area contributed by atoms with Crippen molar-refractivity contribution in [2.45, 2.75) is 13.5 Å². The van der Waals surface area contributed by atoms with Gasteiger partial charge in [0.15, 0.2) is 0 Å². The lowest BCUT2D eigenvalue weighted by Crippen LogP contribution is -2.08. The average molecular weight is 208 g/mol. The second-order valence-corrected chi connectivity index (χ2v) is 4.34. The zero-order chi connectivity index (χ0) is 9.14. The number of aryl methyl sites for hydroxylation is 1. The zero-order valence-corrected chi connectivity index (χ0v) is 8.52. The second-order valence-electron chi connectivity index (χ2n) is 2.45. The van der Waals surface area contributed by atoms with Crippen molar-refractivity contribution in [2.24, 2.45) is 0 Å². The van der Waals surface area contributed by atoms with Crippen molar-refractivity contribution >= 4 is 22.4 Å². The van der Waals surface area contributed by atoms with Crippen LogP contribution in [0.2, 0.25) is 5.28 Å². The summed E-state index contributed by atoms with van der Waals surface area (Å²) in [4.78, 5) is 0. The largest absolute Gasteiger partial charge is 0.301 e. The first-order valence-corrected chi connectivity index (χ1v) is 5.57. The van der Waals surface area contributed by atoms with E-state index in [9.17, 15) is 4.21 Å². The molecule has 1 atom stereocenters. The minimum absolute atomic E-state index is 0.359. The Morgan fingerprint density at radius 3 is 2.67 bits per heavy atom. The first-order valence-electron chi connectivity index (χ1n) is 3.46. The Labute approximate surface area is 78.4 Å². The van der Waals surface area contributed by atoms with E-state index < -0.39 is 10.8 Å².